The number of carbonyl (C=O) groups excluding carboxylic acids is 1. The van der Waals surface area contributed by atoms with Gasteiger partial charge in [0.2, 0.25) is 5.95 Å². The van der Waals surface area contributed by atoms with E-state index in [4.69, 9.17) is 9.72 Å². The molecule has 33 heavy (non-hydrogen) atoms. The van der Waals surface area contributed by atoms with Gasteiger partial charge in [0.25, 0.3) is 0 Å². The summed E-state index contributed by atoms with van der Waals surface area (Å²) in [6.45, 7) is 5.37. The van der Waals surface area contributed by atoms with E-state index in [1.165, 1.54) is 0 Å². The monoisotopic (exact) mass is 445 g/mol. The number of urea groups is 1. The molecule has 9 nitrogen and oxygen atoms in total. The molecule has 9 heteroatoms. The number of aromatic nitrogens is 4. The summed E-state index contributed by atoms with van der Waals surface area (Å²) in [6.07, 6.45) is 0.854. The number of nitrogens with zero attached hydrogens (tertiary/aromatic N) is 6. The Hall–Kier alpha value is -3.88. The van der Waals surface area contributed by atoms with Crippen molar-refractivity contribution in [3.63, 3.8) is 0 Å². The number of amides is 2. The van der Waals surface area contributed by atoms with Crippen LogP contribution >= 0.6 is 0 Å². The van der Waals surface area contributed by atoms with Crippen molar-refractivity contribution in [3.8, 4) is 17.1 Å². The van der Waals surface area contributed by atoms with Gasteiger partial charge in [-0.25, -0.2) is 14.2 Å². The van der Waals surface area contributed by atoms with Crippen LogP contribution in [0.25, 0.3) is 27.9 Å². The molecule has 4 aromatic rings. The highest BCUT2D eigenvalue weighted by Gasteiger charge is 2.24. The van der Waals surface area contributed by atoms with Crippen molar-refractivity contribution >= 4 is 28.5 Å². The molecule has 1 aliphatic heterocycles. The normalized spacial score (nSPS) is 14.5. The predicted octanol–water partition coefficient (Wildman–Crippen LogP) is 3.19. The second-order valence-corrected chi connectivity index (χ2v) is 8.00. The van der Waals surface area contributed by atoms with E-state index in [9.17, 15) is 4.79 Å². The maximum absolute atomic E-state index is 12.4. The van der Waals surface area contributed by atoms with Crippen LogP contribution in [0.1, 0.15) is 13.3 Å². The smallest absolute Gasteiger partial charge is 0.317 e. The zero-order chi connectivity index (χ0) is 22.8. The number of hydrogen-bond donors (Lipinski definition) is 1. The number of para-hydroxylation sites is 1. The molecule has 2 aromatic heterocycles. The van der Waals surface area contributed by atoms with E-state index in [-0.39, 0.29) is 6.03 Å². The molecule has 1 fully saturated rings. The Kier molecular flexibility index (Phi) is 5.68. The summed E-state index contributed by atoms with van der Waals surface area (Å²) in [7, 11) is 1.65. The van der Waals surface area contributed by atoms with Crippen LogP contribution in [0.15, 0.2) is 48.5 Å². The highest BCUT2D eigenvalue weighted by molar-refractivity contribution is 5.93. The quantitative estimate of drug-likeness (QED) is 0.519. The van der Waals surface area contributed by atoms with Crippen LogP contribution in [-0.4, -0.2) is 70.3 Å². The number of ether oxygens (including phenoxy) is 1. The van der Waals surface area contributed by atoms with Crippen LogP contribution < -0.4 is 15.0 Å². The number of anilines is 1. The second kappa shape index (κ2) is 8.93. The van der Waals surface area contributed by atoms with Crippen LogP contribution in [0.5, 0.6) is 5.75 Å². The molecule has 0 radical (unpaired) electrons. The van der Waals surface area contributed by atoms with Crippen molar-refractivity contribution < 1.29 is 9.53 Å². The molecule has 0 unspecified atom stereocenters. The number of fused-ring (bicyclic) bond motifs is 3. The van der Waals surface area contributed by atoms with Gasteiger partial charge in [-0.2, -0.15) is 0 Å². The Bertz CT molecular complexity index is 1290. The molecule has 0 bridgehead atoms. The molecular formula is C24H27N7O2. The van der Waals surface area contributed by atoms with Crippen LogP contribution in [0, 0.1) is 0 Å². The molecular weight excluding hydrogens is 418 g/mol. The van der Waals surface area contributed by atoms with Crippen molar-refractivity contribution in [2.24, 2.45) is 0 Å². The number of benzene rings is 2. The summed E-state index contributed by atoms with van der Waals surface area (Å²) in [5.74, 6) is 2.30. The Morgan fingerprint density at radius 1 is 1.03 bits per heavy atom. The summed E-state index contributed by atoms with van der Waals surface area (Å²) in [5, 5.41) is 13.0. The summed E-state index contributed by atoms with van der Waals surface area (Å²) in [6, 6.07) is 15.8. The molecule has 1 aliphatic rings. The van der Waals surface area contributed by atoms with E-state index in [2.05, 4.69) is 20.4 Å². The van der Waals surface area contributed by atoms with Crippen LogP contribution in [-0.2, 0) is 0 Å². The van der Waals surface area contributed by atoms with Crippen molar-refractivity contribution in [3.05, 3.63) is 48.5 Å². The molecule has 0 saturated carbocycles. The van der Waals surface area contributed by atoms with E-state index in [1.807, 2.05) is 64.8 Å². The van der Waals surface area contributed by atoms with E-state index in [1.54, 1.807) is 7.11 Å². The topological polar surface area (TPSA) is 87.9 Å². The standard InChI is InChI=1S/C24H27N7O2/c1-3-25-24(32)30-14-6-13-29(15-16-30)23-26-20-8-5-4-7-19(20)22-28-27-21(31(22)23)17-9-11-18(33-2)12-10-17/h4-5,7-12H,3,6,13-16H2,1-2H3,(H,25,32). The van der Waals surface area contributed by atoms with Gasteiger partial charge < -0.3 is 19.9 Å². The maximum atomic E-state index is 12.4. The zero-order valence-corrected chi connectivity index (χ0v) is 18.9. The first-order valence-electron chi connectivity index (χ1n) is 11.3. The van der Waals surface area contributed by atoms with E-state index in [0.29, 0.717) is 26.2 Å². The van der Waals surface area contributed by atoms with Crippen LogP contribution in [0.2, 0.25) is 0 Å². The SMILES string of the molecule is CCNC(=O)N1CCCN(c2nc3ccccc3c3nnc(-c4ccc(OC)cc4)n23)CC1. The first-order chi connectivity index (χ1) is 16.2. The molecule has 5 rings (SSSR count). The van der Waals surface area contributed by atoms with Gasteiger partial charge >= 0.3 is 6.03 Å². The highest BCUT2D eigenvalue weighted by atomic mass is 16.5. The lowest BCUT2D eigenvalue weighted by Gasteiger charge is -2.24. The van der Waals surface area contributed by atoms with E-state index < -0.39 is 0 Å². The maximum Gasteiger partial charge on any atom is 0.317 e. The highest BCUT2D eigenvalue weighted by Crippen LogP contribution is 2.29. The molecule has 0 spiro atoms. The summed E-state index contributed by atoms with van der Waals surface area (Å²) >= 11 is 0. The van der Waals surface area contributed by atoms with E-state index in [0.717, 1.165) is 52.6 Å². The fourth-order valence-corrected chi connectivity index (χ4v) is 4.29. The van der Waals surface area contributed by atoms with Crippen LogP contribution in [0.3, 0.4) is 0 Å². The molecule has 2 amide bonds. The zero-order valence-electron chi connectivity index (χ0n) is 18.9. The lowest BCUT2D eigenvalue weighted by molar-refractivity contribution is 0.202. The Balaban J connectivity index is 1.60. The second-order valence-electron chi connectivity index (χ2n) is 8.00. The Morgan fingerprint density at radius 3 is 2.64 bits per heavy atom. The fourth-order valence-electron chi connectivity index (χ4n) is 4.29. The fraction of sp³-hybridized carbons (Fsp3) is 0.333. The lowest BCUT2D eigenvalue weighted by atomic mass is 10.2. The number of rotatable bonds is 4. The van der Waals surface area contributed by atoms with Gasteiger partial charge in [-0.05, 0) is 49.7 Å². The molecule has 170 valence electrons. The van der Waals surface area contributed by atoms with Gasteiger partial charge in [-0.3, -0.25) is 0 Å². The number of methoxy groups -OCH3 is 1. The third-order valence-electron chi connectivity index (χ3n) is 5.97. The number of carbonyl (C=O) groups is 1. The van der Waals surface area contributed by atoms with E-state index >= 15 is 0 Å². The molecule has 2 aromatic carbocycles. The number of hydrogen-bond acceptors (Lipinski definition) is 6. The van der Waals surface area contributed by atoms with Crippen molar-refractivity contribution in [1.29, 1.82) is 0 Å². The average Bonchev–Trinajstić information content (AvgIpc) is 3.15. The molecule has 1 saturated heterocycles. The molecule has 3 heterocycles. The van der Waals surface area contributed by atoms with Crippen LogP contribution in [0.4, 0.5) is 10.7 Å². The van der Waals surface area contributed by atoms with Gasteiger partial charge in [-0.15, -0.1) is 10.2 Å². The first kappa shape index (κ1) is 21.0. The van der Waals surface area contributed by atoms with Gasteiger partial charge in [0, 0.05) is 43.7 Å². The van der Waals surface area contributed by atoms with Gasteiger partial charge in [0.05, 0.1) is 12.6 Å². The summed E-state index contributed by atoms with van der Waals surface area (Å²) in [5.41, 5.74) is 2.57. The minimum Gasteiger partial charge on any atom is -0.497 e. The number of nitrogens with one attached hydrogen (secondary N) is 1. The summed E-state index contributed by atoms with van der Waals surface area (Å²) < 4.78 is 7.34. The lowest BCUT2D eigenvalue weighted by Crippen LogP contribution is -2.42. The predicted molar refractivity (Wildman–Crippen MR) is 128 cm³/mol. The molecule has 0 aliphatic carbocycles. The van der Waals surface area contributed by atoms with Gasteiger partial charge in [-0.1, -0.05) is 12.1 Å². The molecule has 1 N–H and O–H groups in total. The third kappa shape index (κ3) is 3.90. The van der Waals surface area contributed by atoms with Crippen molar-refractivity contribution in [1.82, 2.24) is 29.8 Å². The largest absolute Gasteiger partial charge is 0.497 e. The van der Waals surface area contributed by atoms with Crippen molar-refractivity contribution in [2.75, 3.05) is 44.7 Å². The Labute approximate surface area is 192 Å². The first-order valence-corrected chi connectivity index (χ1v) is 11.3. The van der Waals surface area contributed by atoms with Gasteiger partial charge in [0.1, 0.15) is 5.75 Å². The summed E-state index contributed by atoms with van der Waals surface area (Å²) in [4.78, 5) is 21.5. The third-order valence-corrected chi connectivity index (χ3v) is 5.97. The minimum atomic E-state index is -0.0146. The van der Waals surface area contributed by atoms with Gasteiger partial charge in [0.15, 0.2) is 11.5 Å². The van der Waals surface area contributed by atoms with Crippen molar-refractivity contribution in [2.45, 2.75) is 13.3 Å². The molecule has 0 atom stereocenters. The average molecular weight is 446 g/mol. The Morgan fingerprint density at radius 2 is 1.85 bits per heavy atom. The minimum absolute atomic E-state index is 0.0146.